The molecule has 9 heteroatoms. The van der Waals surface area contributed by atoms with Gasteiger partial charge in [-0.05, 0) is 31.5 Å². The van der Waals surface area contributed by atoms with E-state index >= 15 is 0 Å². The van der Waals surface area contributed by atoms with Crippen molar-refractivity contribution in [1.82, 2.24) is 5.16 Å². The van der Waals surface area contributed by atoms with E-state index in [1.807, 2.05) is 35.7 Å². The summed E-state index contributed by atoms with van der Waals surface area (Å²) in [6, 6.07) is 14.4. The van der Waals surface area contributed by atoms with Crippen molar-refractivity contribution < 1.29 is 18.8 Å². The number of nitrogens with one attached hydrogen (secondary N) is 1. The Balaban J connectivity index is 1.76. The average Bonchev–Trinajstić information content (AvgIpc) is 3.38. The second-order valence-corrected chi connectivity index (χ2v) is 8.65. The maximum Gasteiger partial charge on any atom is 0.341 e. The molecule has 0 aliphatic rings. The van der Waals surface area contributed by atoms with E-state index in [9.17, 15) is 9.59 Å². The minimum Gasteiger partial charge on any atom is -0.462 e. The number of carbonyl (C=O) groups is 2. The number of anilines is 1. The van der Waals surface area contributed by atoms with Crippen LogP contribution in [0.1, 0.15) is 33.4 Å². The van der Waals surface area contributed by atoms with Gasteiger partial charge in [-0.2, -0.15) is 0 Å². The highest BCUT2D eigenvalue weighted by molar-refractivity contribution is 7.15. The molecule has 0 aliphatic heterocycles. The third kappa shape index (κ3) is 4.53. The van der Waals surface area contributed by atoms with Crippen molar-refractivity contribution in [3.8, 4) is 22.4 Å². The molecule has 4 aromatic rings. The van der Waals surface area contributed by atoms with Crippen LogP contribution in [0.4, 0.5) is 5.00 Å². The van der Waals surface area contributed by atoms with Crippen LogP contribution in [0.3, 0.4) is 0 Å². The van der Waals surface area contributed by atoms with E-state index in [0.29, 0.717) is 26.2 Å². The lowest BCUT2D eigenvalue weighted by Gasteiger charge is -2.10. The fourth-order valence-corrected chi connectivity index (χ4v) is 4.91. The number of ether oxygens (including phenoxy) is 1. The van der Waals surface area contributed by atoms with Crippen LogP contribution in [-0.4, -0.2) is 23.6 Å². The monoisotopic (exact) mass is 500 g/mol. The van der Waals surface area contributed by atoms with Crippen LogP contribution in [0.15, 0.2) is 58.4 Å². The van der Waals surface area contributed by atoms with E-state index < -0.39 is 11.9 Å². The lowest BCUT2D eigenvalue weighted by atomic mass is 10.0. The quantitative estimate of drug-likeness (QED) is 0.285. The van der Waals surface area contributed by atoms with Gasteiger partial charge < -0.3 is 14.6 Å². The second kappa shape index (κ2) is 9.79. The molecule has 6 nitrogen and oxygen atoms in total. The smallest absolute Gasteiger partial charge is 0.341 e. The molecule has 168 valence electrons. The Hall–Kier alpha value is -3.13. The van der Waals surface area contributed by atoms with E-state index in [1.165, 1.54) is 11.3 Å². The van der Waals surface area contributed by atoms with Gasteiger partial charge in [0.2, 0.25) is 0 Å². The third-order valence-electron chi connectivity index (χ3n) is 4.87. The minimum atomic E-state index is -0.524. The van der Waals surface area contributed by atoms with Crippen LogP contribution in [0.2, 0.25) is 10.0 Å². The van der Waals surface area contributed by atoms with Crippen LogP contribution in [-0.2, 0) is 4.74 Å². The van der Waals surface area contributed by atoms with Crippen molar-refractivity contribution in [2.75, 3.05) is 11.9 Å². The van der Waals surface area contributed by atoms with Crippen LogP contribution >= 0.6 is 34.5 Å². The van der Waals surface area contributed by atoms with Crippen LogP contribution in [0.5, 0.6) is 0 Å². The molecule has 0 fully saturated rings. The molecule has 0 atom stereocenters. The maximum absolute atomic E-state index is 13.3. The summed E-state index contributed by atoms with van der Waals surface area (Å²) in [5.74, 6) is -0.743. The highest BCUT2D eigenvalue weighted by Gasteiger charge is 2.28. The first-order chi connectivity index (χ1) is 15.9. The van der Waals surface area contributed by atoms with Gasteiger partial charge in [-0.3, -0.25) is 4.79 Å². The molecule has 2 aromatic heterocycles. The molecule has 2 aromatic carbocycles. The lowest BCUT2D eigenvalue weighted by molar-refractivity contribution is 0.0529. The van der Waals surface area contributed by atoms with Crippen LogP contribution in [0.25, 0.3) is 22.4 Å². The zero-order valence-corrected chi connectivity index (χ0v) is 20.0. The molecule has 1 N–H and O–H groups in total. The van der Waals surface area contributed by atoms with Crippen LogP contribution in [0, 0.1) is 6.92 Å². The number of aryl methyl sites for hydroxylation is 1. The van der Waals surface area contributed by atoms with Crippen molar-refractivity contribution in [3.05, 3.63) is 80.8 Å². The van der Waals surface area contributed by atoms with E-state index in [1.54, 1.807) is 32.0 Å². The Morgan fingerprint density at radius 1 is 1.06 bits per heavy atom. The number of thiophene rings is 1. The number of benzene rings is 2. The predicted molar refractivity (Wildman–Crippen MR) is 130 cm³/mol. The van der Waals surface area contributed by atoms with Gasteiger partial charge in [-0.25, -0.2) is 4.79 Å². The first-order valence-electron chi connectivity index (χ1n) is 9.98. The zero-order chi connectivity index (χ0) is 23.5. The van der Waals surface area contributed by atoms with Gasteiger partial charge in [0, 0.05) is 16.5 Å². The Bertz CT molecular complexity index is 1310. The van der Waals surface area contributed by atoms with Crippen molar-refractivity contribution in [2.45, 2.75) is 13.8 Å². The molecule has 0 saturated heterocycles. The van der Waals surface area contributed by atoms with Gasteiger partial charge in [-0.15, -0.1) is 11.3 Å². The fourth-order valence-electron chi connectivity index (χ4n) is 3.39. The molecular weight excluding hydrogens is 483 g/mol. The number of nitrogens with zero attached hydrogens (tertiary/aromatic N) is 1. The number of aromatic nitrogens is 1. The number of esters is 1. The number of halogens is 2. The fraction of sp³-hybridized carbons (Fsp3) is 0.125. The molecule has 0 aliphatic carbocycles. The highest BCUT2D eigenvalue weighted by atomic mass is 35.5. The summed E-state index contributed by atoms with van der Waals surface area (Å²) in [7, 11) is 0. The van der Waals surface area contributed by atoms with E-state index in [4.69, 9.17) is 32.5 Å². The summed E-state index contributed by atoms with van der Waals surface area (Å²) in [4.78, 5) is 26.1. The molecule has 33 heavy (non-hydrogen) atoms. The summed E-state index contributed by atoms with van der Waals surface area (Å²) >= 11 is 13.9. The summed E-state index contributed by atoms with van der Waals surface area (Å²) in [6.07, 6.45) is 0. The summed E-state index contributed by atoms with van der Waals surface area (Å²) in [5.41, 5.74) is 2.58. The normalized spacial score (nSPS) is 10.8. The SMILES string of the molecule is CCOC(=O)c1c(-c2ccccc2)csc1NC(=O)c1c(-c2c(Cl)cccc2Cl)noc1C. The number of hydrogen-bond acceptors (Lipinski definition) is 6. The Morgan fingerprint density at radius 2 is 1.76 bits per heavy atom. The van der Waals surface area contributed by atoms with E-state index in [0.717, 1.165) is 5.56 Å². The molecule has 0 unspecified atom stereocenters. The number of hydrogen-bond donors (Lipinski definition) is 1. The Morgan fingerprint density at radius 3 is 2.42 bits per heavy atom. The molecule has 0 bridgehead atoms. The predicted octanol–water partition coefficient (Wildman–Crippen LogP) is 7.11. The highest BCUT2D eigenvalue weighted by Crippen LogP contribution is 2.39. The van der Waals surface area contributed by atoms with Gasteiger partial charge in [0.1, 0.15) is 27.6 Å². The molecule has 0 radical (unpaired) electrons. The molecule has 2 heterocycles. The molecule has 0 spiro atoms. The first kappa shape index (κ1) is 23.0. The Labute approximate surface area is 204 Å². The number of amides is 1. The zero-order valence-electron chi connectivity index (χ0n) is 17.6. The van der Waals surface area contributed by atoms with Gasteiger partial charge in [0.25, 0.3) is 5.91 Å². The number of rotatable bonds is 6. The third-order valence-corrected chi connectivity index (χ3v) is 6.40. The van der Waals surface area contributed by atoms with Gasteiger partial charge in [0.15, 0.2) is 0 Å². The van der Waals surface area contributed by atoms with Gasteiger partial charge in [-0.1, -0.05) is 64.8 Å². The molecule has 1 amide bonds. The van der Waals surface area contributed by atoms with E-state index in [-0.39, 0.29) is 29.2 Å². The topological polar surface area (TPSA) is 81.4 Å². The summed E-state index contributed by atoms with van der Waals surface area (Å²) < 4.78 is 10.6. The Kier molecular flexibility index (Phi) is 6.83. The summed E-state index contributed by atoms with van der Waals surface area (Å²) in [6.45, 7) is 3.55. The standard InChI is InChI=1S/C24H18Cl2N2O4S/c1-3-31-24(30)19-15(14-8-5-4-6-9-14)12-33-23(19)27-22(29)18-13(2)32-28-21(18)20-16(25)10-7-11-17(20)26/h4-12H,3H2,1-2H3,(H,27,29). The summed E-state index contributed by atoms with van der Waals surface area (Å²) in [5, 5.41) is 9.67. The molecule has 4 rings (SSSR count). The minimum absolute atomic E-state index is 0.175. The van der Waals surface area contributed by atoms with E-state index in [2.05, 4.69) is 10.5 Å². The van der Waals surface area contributed by atoms with Gasteiger partial charge in [0.05, 0.1) is 16.7 Å². The van der Waals surface area contributed by atoms with Crippen molar-refractivity contribution >= 4 is 51.4 Å². The van der Waals surface area contributed by atoms with Crippen molar-refractivity contribution in [3.63, 3.8) is 0 Å². The lowest BCUT2D eigenvalue weighted by Crippen LogP contribution is -2.16. The largest absolute Gasteiger partial charge is 0.462 e. The van der Waals surface area contributed by atoms with Crippen molar-refractivity contribution in [1.29, 1.82) is 0 Å². The molecule has 0 saturated carbocycles. The van der Waals surface area contributed by atoms with Crippen molar-refractivity contribution in [2.24, 2.45) is 0 Å². The first-order valence-corrected chi connectivity index (χ1v) is 11.6. The number of carbonyl (C=O) groups excluding carboxylic acids is 2. The average molecular weight is 501 g/mol. The second-order valence-electron chi connectivity index (χ2n) is 6.95. The van der Waals surface area contributed by atoms with Crippen LogP contribution < -0.4 is 5.32 Å². The van der Waals surface area contributed by atoms with Gasteiger partial charge >= 0.3 is 5.97 Å². The maximum atomic E-state index is 13.3. The molecular formula is C24H18Cl2N2O4S.